The number of carbonyl (C=O) groups is 5. The number of hydrogen-bond donors (Lipinski definition) is 5. The lowest BCUT2D eigenvalue weighted by atomic mass is 10.0. The van der Waals surface area contributed by atoms with Gasteiger partial charge in [-0.25, -0.2) is 9.59 Å². The highest BCUT2D eigenvalue weighted by molar-refractivity contribution is 6.03. The van der Waals surface area contributed by atoms with Crippen molar-refractivity contribution in [3.63, 3.8) is 0 Å². The van der Waals surface area contributed by atoms with Gasteiger partial charge in [0.25, 0.3) is 5.91 Å². The van der Waals surface area contributed by atoms with E-state index in [1.807, 2.05) is 152 Å². The molecular formula is C50H49N5O7. The molecule has 6 aromatic rings. The van der Waals surface area contributed by atoms with Crippen LogP contribution in [-0.2, 0) is 51.5 Å². The number of hydrogen-bond acceptors (Lipinski definition) is 7. The van der Waals surface area contributed by atoms with Crippen molar-refractivity contribution in [1.29, 1.82) is 0 Å². The Morgan fingerprint density at radius 2 is 0.823 bits per heavy atom. The molecule has 0 heterocycles. The minimum atomic E-state index is -1.09. The molecule has 0 saturated carbocycles. The van der Waals surface area contributed by atoms with Gasteiger partial charge >= 0.3 is 12.2 Å². The summed E-state index contributed by atoms with van der Waals surface area (Å²) in [4.78, 5) is 67.9. The van der Waals surface area contributed by atoms with Gasteiger partial charge in [0.2, 0.25) is 11.8 Å². The Morgan fingerprint density at radius 1 is 0.452 bits per heavy atom. The Bertz CT molecular complexity index is 2230. The van der Waals surface area contributed by atoms with Crippen LogP contribution in [0.5, 0.6) is 0 Å². The van der Waals surface area contributed by atoms with Crippen molar-refractivity contribution in [2.45, 2.75) is 51.0 Å². The zero-order valence-electron chi connectivity index (χ0n) is 34.1. The zero-order valence-corrected chi connectivity index (χ0v) is 34.1. The first-order valence-electron chi connectivity index (χ1n) is 20.4. The molecule has 5 amide bonds. The number of amides is 5. The van der Waals surface area contributed by atoms with Crippen LogP contribution in [0.1, 0.15) is 44.6 Å². The molecule has 0 spiro atoms. The minimum absolute atomic E-state index is 0.00276. The SMILES string of the molecule is O=C(N[C@@H](Cc1ccccc1)C(=O)Nc1cc(NC(=O)[C@H](Cc2ccccc2)NC(=O)OCc2ccccc2)cc(C(=O)NCCCc2ccccc2)c1)OCc1ccccc1. The maximum Gasteiger partial charge on any atom is 0.408 e. The average molecular weight is 832 g/mol. The van der Waals surface area contributed by atoms with Crippen LogP contribution in [0.4, 0.5) is 21.0 Å². The summed E-state index contributed by atoms with van der Waals surface area (Å²) in [7, 11) is 0. The smallest absolute Gasteiger partial charge is 0.408 e. The van der Waals surface area contributed by atoms with Gasteiger partial charge in [0, 0.05) is 36.3 Å². The first-order chi connectivity index (χ1) is 30.3. The minimum Gasteiger partial charge on any atom is -0.445 e. The van der Waals surface area contributed by atoms with Gasteiger partial charge in [-0.1, -0.05) is 152 Å². The van der Waals surface area contributed by atoms with Gasteiger partial charge in [0.15, 0.2) is 0 Å². The number of anilines is 2. The van der Waals surface area contributed by atoms with Crippen molar-refractivity contribution >= 4 is 41.3 Å². The summed E-state index contributed by atoms with van der Waals surface area (Å²) in [6.07, 6.45) is 0.111. The molecule has 0 aromatic heterocycles. The summed E-state index contributed by atoms with van der Waals surface area (Å²) in [5, 5.41) is 14.0. The molecule has 0 aliphatic rings. The number of carbonyl (C=O) groups excluding carboxylic acids is 5. The quantitative estimate of drug-likeness (QED) is 0.0517. The summed E-state index contributed by atoms with van der Waals surface area (Å²) in [6.45, 7) is 0.375. The van der Waals surface area contributed by atoms with Gasteiger partial charge in [-0.05, 0) is 58.9 Å². The molecule has 0 unspecified atom stereocenters. The highest BCUT2D eigenvalue weighted by Gasteiger charge is 2.25. The highest BCUT2D eigenvalue weighted by atomic mass is 16.6. The fraction of sp³-hybridized carbons (Fsp3) is 0.180. The van der Waals surface area contributed by atoms with E-state index in [0.717, 1.165) is 34.2 Å². The third kappa shape index (κ3) is 14.5. The number of ether oxygens (including phenoxy) is 2. The Labute approximate surface area is 361 Å². The van der Waals surface area contributed by atoms with Crippen LogP contribution in [0.3, 0.4) is 0 Å². The number of nitrogens with one attached hydrogen (secondary N) is 5. The number of aryl methyl sites for hydroxylation is 1. The van der Waals surface area contributed by atoms with E-state index >= 15 is 0 Å². The van der Waals surface area contributed by atoms with E-state index in [-0.39, 0.29) is 43.0 Å². The third-order valence-electron chi connectivity index (χ3n) is 9.71. The molecule has 6 rings (SSSR count). The van der Waals surface area contributed by atoms with E-state index in [4.69, 9.17) is 9.47 Å². The van der Waals surface area contributed by atoms with E-state index in [2.05, 4.69) is 26.6 Å². The van der Waals surface area contributed by atoms with Gasteiger partial charge in [-0.15, -0.1) is 0 Å². The molecule has 0 saturated heterocycles. The van der Waals surface area contributed by atoms with Crippen LogP contribution >= 0.6 is 0 Å². The largest absolute Gasteiger partial charge is 0.445 e. The summed E-state index contributed by atoms with van der Waals surface area (Å²) < 4.78 is 10.9. The van der Waals surface area contributed by atoms with E-state index < -0.39 is 42.0 Å². The monoisotopic (exact) mass is 831 g/mol. The van der Waals surface area contributed by atoms with Crippen LogP contribution in [0.15, 0.2) is 170 Å². The van der Waals surface area contributed by atoms with Gasteiger partial charge in [0.05, 0.1) is 0 Å². The van der Waals surface area contributed by atoms with Crippen LogP contribution in [-0.4, -0.2) is 48.5 Å². The topological polar surface area (TPSA) is 164 Å². The van der Waals surface area contributed by atoms with Gasteiger partial charge in [0.1, 0.15) is 25.3 Å². The Kier molecular flexibility index (Phi) is 16.4. The Morgan fingerprint density at radius 3 is 1.23 bits per heavy atom. The Balaban J connectivity index is 1.21. The summed E-state index contributed by atoms with van der Waals surface area (Å²) in [6, 6.07) is 48.9. The molecule has 12 nitrogen and oxygen atoms in total. The Hall–Kier alpha value is -7.73. The molecule has 0 aliphatic heterocycles. The van der Waals surface area contributed by atoms with Crippen LogP contribution in [0.2, 0.25) is 0 Å². The molecule has 316 valence electrons. The molecule has 0 aliphatic carbocycles. The van der Waals surface area contributed by atoms with Gasteiger partial charge in [-0.3, -0.25) is 14.4 Å². The van der Waals surface area contributed by atoms with Crippen molar-refractivity contribution in [2.75, 3.05) is 17.2 Å². The summed E-state index contributed by atoms with van der Waals surface area (Å²) >= 11 is 0. The first-order valence-corrected chi connectivity index (χ1v) is 20.4. The number of rotatable bonds is 19. The van der Waals surface area contributed by atoms with E-state index in [9.17, 15) is 24.0 Å². The second-order valence-electron chi connectivity index (χ2n) is 14.5. The van der Waals surface area contributed by atoms with Crippen molar-refractivity contribution in [3.8, 4) is 0 Å². The molecule has 0 fully saturated rings. The standard InChI is InChI=1S/C50H49N5O7/c56-46(51-28-16-27-36-17-6-1-7-18-36)41-31-42(52-47(57)44(29-37-19-8-2-9-20-37)54-49(59)61-34-39-23-12-4-13-24-39)33-43(32-41)53-48(58)45(30-38-21-10-3-11-22-38)55-50(60)62-35-40-25-14-5-15-26-40/h1-15,17-26,31-33,44-45H,16,27-30,34-35H2,(H,51,56)(H,52,57)(H,53,58)(H,54,59)(H,55,60)/t44-,45-/m0/s1. The maximum absolute atomic E-state index is 14.1. The van der Waals surface area contributed by atoms with Crippen LogP contribution < -0.4 is 26.6 Å². The third-order valence-corrected chi connectivity index (χ3v) is 9.71. The fourth-order valence-electron chi connectivity index (χ4n) is 6.54. The maximum atomic E-state index is 14.1. The second-order valence-corrected chi connectivity index (χ2v) is 14.5. The fourth-order valence-corrected chi connectivity index (χ4v) is 6.54. The lowest BCUT2D eigenvalue weighted by Crippen LogP contribution is -2.45. The van der Waals surface area contributed by atoms with Crippen molar-refractivity contribution in [1.82, 2.24) is 16.0 Å². The molecule has 12 heteroatoms. The predicted octanol–water partition coefficient (Wildman–Crippen LogP) is 8.00. The molecule has 62 heavy (non-hydrogen) atoms. The average Bonchev–Trinajstić information content (AvgIpc) is 3.30. The summed E-state index contributed by atoms with van der Waals surface area (Å²) in [5.74, 6) is -1.61. The molecule has 5 N–H and O–H groups in total. The lowest BCUT2D eigenvalue weighted by molar-refractivity contribution is -0.118. The van der Waals surface area contributed by atoms with Crippen molar-refractivity contribution < 1.29 is 33.4 Å². The zero-order chi connectivity index (χ0) is 43.4. The van der Waals surface area contributed by atoms with E-state index in [0.29, 0.717) is 13.0 Å². The van der Waals surface area contributed by atoms with Gasteiger partial charge in [-0.2, -0.15) is 0 Å². The molecule has 0 radical (unpaired) electrons. The number of alkyl carbamates (subject to hydrolysis) is 2. The van der Waals surface area contributed by atoms with Gasteiger partial charge < -0.3 is 36.1 Å². The van der Waals surface area contributed by atoms with E-state index in [1.165, 1.54) is 18.2 Å². The molecular weight excluding hydrogens is 783 g/mol. The molecule has 0 bridgehead atoms. The van der Waals surface area contributed by atoms with Crippen molar-refractivity contribution in [2.24, 2.45) is 0 Å². The normalized spacial score (nSPS) is 11.5. The molecule has 2 atom stereocenters. The van der Waals surface area contributed by atoms with Crippen LogP contribution in [0.25, 0.3) is 0 Å². The van der Waals surface area contributed by atoms with Crippen molar-refractivity contribution in [3.05, 3.63) is 203 Å². The second kappa shape index (κ2) is 23.2. The van der Waals surface area contributed by atoms with E-state index in [1.54, 1.807) is 0 Å². The van der Waals surface area contributed by atoms with Crippen LogP contribution in [0, 0.1) is 0 Å². The number of benzene rings is 6. The molecule has 6 aromatic carbocycles. The first kappa shape index (κ1) is 43.8. The highest BCUT2D eigenvalue weighted by Crippen LogP contribution is 2.21. The predicted molar refractivity (Wildman–Crippen MR) is 238 cm³/mol. The lowest BCUT2D eigenvalue weighted by Gasteiger charge is -2.21. The summed E-state index contributed by atoms with van der Waals surface area (Å²) in [5.41, 5.74) is 4.77.